The fourth-order valence-electron chi connectivity index (χ4n) is 3.25. The molecule has 0 saturated carbocycles. The van der Waals surface area contributed by atoms with Crippen LogP contribution in [0.15, 0.2) is 47.6 Å². The van der Waals surface area contributed by atoms with Gasteiger partial charge in [-0.05, 0) is 18.2 Å². The van der Waals surface area contributed by atoms with Crippen LogP contribution < -0.4 is 0 Å². The number of carbonyl (C=O) groups excluding carboxylic acids is 1. The van der Waals surface area contributed by atoms with Crippen molar-refractivity contribution in [3.63, 3.8) is 0 Å². The van der Waals surface area contributed by atoms with Crippen LogP contribution in [-0.2, 0) is 13.0 Å². The maximum Gasteiger partial charge on any atom is 0.447 e. The largest absolute Gasteiger partial charge is 0.447 e. The summed E-state index contributed by atoms with van der Waals surface area (Å²) in [7, 11) is 0. The normalized spacial score (nSPS) is 14.5. The monoisotopic (exact) mass is 377 g/mol. The van der Waals surface area contributed by atoms with Crippen molar-refractivity contribution in [3.05, 3.63) is 59.4 Å². The molecule has 3 aromatic rings. The van der Waals surface area contributed by atoms with Gasteiger partial charge in [0.2, 0.25) is 0 Å². The molecule has 2 aromatic heterocycles. The molecule has 0 aliphatic carbocycles. The van der Waals surface area contributed by atoms with Gasteiger partial charge in [-0.2, -0.15) is 13.2 Å². The van der Waals surface area contributed by atoms with Crippen LogP contribution in [0.3, 0.4) is 0 Å². The summed E-state index contributed by atoms with van der Waals surface area (Å²) in [5, 5.41) is 0.728. The molecule has 0 atom stereocenters. The number of H-pyrrole nitrogens is 1. The molecule has 0 spiro atoms. The molecule has 1 aliphatic rings. The predicted octanol–water partition coefficient (Wildman–Crippen LogP) is 4.37. The van der Waals surface area contributed by atoms with Crippen molar-refractivity contribution < 1.29 is 18.0 Å². The molecule has 26 heavy (non-hydrogen) atoms. The third-order valence-corrected chi connectivity index (χ3v) is 5.13. The average Bonchev–Trinajstić information content (AvgIpc) is 2.98. The second kappa shape index (κ2) is 6.35. The highest BCUT2D eigenvalue weighted by Crippen LogP contribution is 2.38. The van der Waals surface area contributed by atoms with Crippen molar-refractivity contribution in [1.29, 1.82) is 0 Å². The first-order valence-electron chi connectivity index (χ1n) is 8.01. The SMILES string of the molecule is O=C(c1cccnc1SC(F)(F)F)N1CCc2[nH]c3ccccc3c2C1. The van der Waals surface area contributed by atoms with Crippen molar-refractivity contribution in [2.75, 3.05) is 6.54 Å². The molecule has 1 amide bonds. The summed E-state index contributed by atoms with van der Waals surface area (Å²) in [4.78, 5) is 21.6. The Kier molecular flexibility index (Phi) is 4.14. The van der Waals surface area contributed by atoms with E-state index in [-0.39, 0.29) is 22.4 Å². The lowest BCUT2D eigenvalue weighted by atomic mass is 10.0. The molecule has 4 rings (SSSR count). The van der Waals surface area contributed by atoms with Gasteiger partial charge in [0.1, 0.15) is 5.03 Å². The number of fused-ring (bicyclic) bond motifs is 3. The quantitative estimate of drug-likeness (QED) is 0.675. The summed E-state index contributed by atoms with van der Waals surface area (Å²) in [6.45, 7) is 0.812. The zero-order valence-corrected chi connectivity index (χ0v) is 14.3. The number of aromatic amines is 1. The van der Waals surface area contributed by atoms with Crippen LogP contribution in [0.25, 0.3) is 10.9 Å². The average molecular weight is 377 g/mol. The second-order valence-corrected chi connectivity index (χ2v) is 7.06. The van der Waals surface area contributed by atoms with E-state index in [9.17, 15) is 18.0 Å². The minimum Gasteiger partial charge on any atom is -0.358 e. The van der Waals surface area contributed by atoms with Gasteiger partial charge in [-0.15, -0.1) is 0 Å². The van der Waals surface area contributed by atoms with Gasteiger partial charge in [-0.3, -0.25) is 4.79 Å². The number of rotatable bonds is 2. The molecular weight excluding hydrogens is 363 g/mol. The van der Waals surface area contributed by atoms with Crippen LogP contribution in [0.1, 0.15) is 21.6 Å². The summed E-state index contributed by atoms with van der Waals surface area (Å²) < 4.78 is 38.3. The number of hydrogen-bond donors (Lipinski definition) is 1. The first-order chi connectivity index (χ1) is 12.4. The lowest BCUT2D eigenvalue weighted by Crippen LogP contribution is -2.36. The number of amides is 1. The summed E-state index contributed by atoms with van der Waals surface area (Å²) in [5.41, 5.74) is -1.41. The zero-order valence-electron chi connectivity index (χ0n) is 13.5. The minimum absolute atomic E-state index is 0.0156. The predicted molar refractivity (Wildman–Crippen MR) is 92.9 cm³/mol. The molecule has 0 unspecified atom stereocenters. The Labute approximate surface area is 151 Å². The molecule has 0 fully saturated rings. The summed E-state index contributed by atoms with van der Waals surface area (Å²) in [6, 6.07) is 10.7. The van der Waals surface area contributed by atoms with Crippen molar-refractivity contribution >= 4 is 28.6 Å². The molecule has 3 heterocycles. The Morgan fingerprint density at radius 2 is 2.00 bits per heavy atom. The molecule has 1 aromatic carbocycles. The maximum absolute atomic E-state index is 12.9. The van der Waals surface area contributed by atoms with E-state index in [1.54, 1.807) is 4.90 Å². The third kappa shape index (κ3) is 3.16. The first-order valence-corrected chi connectivity index (χ1v) is 8.82. The first kappa shape index (κ1) is 17.0. The molecule has 1 N–H and O–H groups in total. The van der Waals surface area contributed by atoms with E-state index in [0.717, 1.165) is 22.2 Å². The van der Waals surface area contributed by atoms with Crippen molar-refractivity contribution in [2.45, 2.75) is 23.5 Å². The summed E-state index contributed by atoms with van der Waals surface area (Å²) in [5.74, 6) is -0.430. The Bertz CT molecular complexity index is 983. The molecule has 134 valence electrons. The van der Waals surface area contributed by atoms with E-state index >= 15 is 0 Å². The van der Waals surface area contributed by atoms with Gasteiger partial charge in [0, 0.05) is 59.6 Å². The van der Waals surface area contributed by atoms with Gasteiger partial charge in [0.25, 0.3) is 5.91 Å². The zero-order chi connectivity index (χ0) is 18.3. The van der Waals surface area contributed by atoms with Gasteiger partial charge in [0.15, 0.2) is 0 Å². The highest BCUT2D eigenvalue weighted by atomic mass is 32.2. The van der Waals surface area contributed by atoms with Crippen LogP contribution in [-0.4, -0.2) is 32.8 Å². The number of nitrogens with zero attached hydrogens (tertiary/aromatic N) is 2. The number of alkyl halides is 3. The lowest BCUT2D eigenvalue weighted by molar-refractivity contribution is -0.0329. The van der Waals surface area contributed by atoms with Crippen LogP contribution in [0.2, 0.25) is 0 Å². The number of benzene rings is 1. The fraction of sp³-hybridized carbons (Fsp3) is 0.222. The van der Waals surface area contributed by atoms with E-state index in [1.165, 1.54) is 18.3 Å². The number of hydrogen-bond acceptors (Lipinski definition) is 3. The summed E-state index contributed by atoms with van der Waals surface area (Å²) >= 11 is -0.355. The smallest absolute Gasteiger partial charge is 0.358 e. The molecule has 1 aliphatic heterocycles. The van der Waals surface area contributed by atoms with E-state index < -0.39 is 11.4 Å². The van der Waals surface area contributed by atoms with Crippen LogP contribution in [0.4, 0.5) is 13.2 Å². The van der Waals surface area contributed by atoms with Crippen LogP contribution in [0.5, 0.6) is 0 Å². The molecule has 0 bridgehead atoms. The number of aromatic nitrogens is 2. The van der Waals surface area contributed by atoms with E-state index in [0.29, 0.717) is 19.5 Å². The Hall–Kier alpha value is -2.48. The van der Waals surface area contributed by atoms with Crippen molar-refractivity contribution in [3.8, 4) is 0 Å². The highest BCUT2D eigenvalue weighted by Gasteiger charge is 2.34. The lowest BCUT2D eigenvalue weighted by Gasteiger charge is -2.28. The summed E-state index contributed by atoms with van der Waals surface area (Å²) in [6.07, 6.45) is 1.90. The Morgan fingerprint density at radius 3 is 2.81 bits per heavy atom. The maximum atomic E-state index is 12.9. The van der Waals surface area contributed by atoms with Crippen molar-refractivity contribution in [1.82, 2.24) is 14.9 Å². The number of para-hydroxylation sites is 1. The van der Waals surface area contributed by atoms with Gasteiger partial charge in [-0.1, -0.05) is 18.2 Å². The van der Waals surface area contributed by atoms with Gasteiger partial charge in [0.05, 0.1) is 5.56 Å². The van der Waals surface area contributed by atoms with Crippen LogP contribution >= 0.6 is 11.8 Å². The number of carbonyl (C=O) groups is 1. The Morgan fingerprint density at radius 1 is 1.19 bits per heavy atom. The topological polar surface area (TPSA) is 49.0 Å². The number of halogens is 3. The van der Waals surface area contributed by atoms with Crippen LogP contribution in [0, 0.1) is 0 Å². The number of nitrogens with one attached hydrogen (secondary N) is 1. The number of pyridine rings is 1. The van der Waals surface area contributed by atoms with E-state index in [2.05, 4.69) is 9.97 Å². The highest BCUT2D eigenvalue weighted by molar-refractivity contribution is 8.00. The van der Waals surface area contributed by atoms with E-state index in [4.69, 9.17) is 0 Å². The van der Waals surface area contributed by atoms with Crippen molar-refractivity contribution in [2.24, 2.45) is 0 Å². The minimum atomic E-state index is -4.49. The van der Waals surface area contributed by atoms with Gasteiger partial charge < -0.3 is 9.88 Å². The molecular formula is C18H14F3N3OS. The standard InChI is InChI=1S/C18H14F3N3OS/c19-18(20,21)26-16-12(5-3-8-22-16)17(25)24-9-7-15-13(10-24)11-4-1-2-6-14(11)23-15/h1-6,8,23H,7,9-10H2. The van der Waals surface area contributed by atoms with Gasteiger partial charge >= 0.3 is 5.51 Å². The van der Waals surface area contributed by atoms with E-state index in [1.807, 2.05) is 24.3 Å². The second-order valence-electron chi connectivity index (χ2n) is 6.01. The number of thioether (sulfide) groups is 1. The molecule has 0 radical (unpaired) electrons. The third-order valence-electron chi connectivity index (χ3n) is 4.38. The molecule has 4 nitrogen and oxygen atoms in total. The molecule has 0 saturated heterocycles. The molecule has 8 heteroatoms. The fourth-order valence-corrected chi connectivity index (χ4v) is 3.85. The Balaban J connectivity index is 1.64. The van der Waals surface area contributed by atoms with Gasteiger partial charge in [-0.25, -0.2) is 4.98 Å².